The number of benzene rings is 2. The number of fused-ring (bicyclic) bond motifs is 1. The number of halogens is 2. The molecule has 21 heavy (non-hydrogen) atoms. The Bertz CT molecular complexity index is 657. The van der Waals surface area contributed by atoms with E-state index < -0.39 is 0 Å². The summed E-state index contributed by atoms with van der Waals surface area (Å²) < 4.78 is 11.4. The molecule has 3 rings (SSSR count). The van der Waals surface area contributed by atoms with E-state index in [1.165, 1.54) is 5.56 Å². The molecule has 0 amide bonds. The first-order valence-corrected chi connectivity index (χ1v) is 8.24. The molecular weight excluding hydrogens is 352 g/mol. The number of ether oxygens (including phenoxy) is 2. The monoisotopic (exact) mass is 366 g/mol. The van der Waals surface area contributed by atoms with Crippen LogP contribution in [-0.4, -0.2) is 13.2 Å². The van der Waals surface area contributed by atoms with Crippen LogP contribution in [0.4, 0.5) is 0 Å². The minimum absolute atomic E-state index is 0.102. The second kappa shape index (κ2) is 6.29. The highest BCUT2D eigenvalue weighted by Gasteiger charge is 2.16. The second-order valence-corrected chi connectivity index (χ2v) is 6.45. The van der Waals surface area contributed by atoms with Gasteiger partial charge in [0.1, 0.15) is 0 Å². The number of aryl methyl sites for hydroxylation is 1. The van der Waals surface area contributed by atoms with Crippen molar-refractivity contribution in [2.45, 2.75) is 18.2 Å². The van der Waals surface area contributed by atoms with E-state index in [9.17, 15) is 0 Å². The maximum absolute atomic E-state index is 6.09. The summed E-state index contributed by atoms with van der Waals surface area (Å²) in [5, 5.41) is 0.789. The van der Waals surface area contributed by atoms with Crippen LogP contribution in [0.2, 0.25) is 5.02 Å². The van der Waals surface area contributed by atoms with Crippen LogP contribution in [0.5, 0.6) is 11.5 Å². The van der Waals surface area contributed by atoms with E-state index in [-0.39, 0.29) is 4.83 Å². The Labute approximate surface area is 138 Å². The topological polar surface area (TPSA) is 18.5 Å². The molecule has 0 radical (unpaired) electrons. The van der Waals surface area contributed by atoms with E-state index in [2.05, 4.69) is 28.1 Å². The summed E-state index contributed by atoms with van der Waals surface area (Å²) in [7, 11) is 0. The lowest BCUT2D eigenvalue weighted by Gasteiger charge is -2.15. The zero-order valence-corrected chi connectivity index (χ0v) is 14.1. The summed E-state index contributed by atoms with van der Waals surface area (Å²) in [6, 6.07) is 12.2. The molecule has 4 heteroatoms. The average Bonchev–Trinajstić information content (AvgIpc) is 2.73. The van der Waals surface area contributed by atoms with E-state index in [4.69, 9.17) is 21.1 Å². The predicted molar refractivity (Wildman–Crippen MR) is 89.0 cm³/mol. The van der Waals surface area contributed by atoms with Crippen molar-refractivity contribution in [1.29, 1.82) is 0 Å². The van der Waals surface area contributed by atoms with E-state index in [1.54, 1.807) is 0 Å². The summed E-state index contributed by atoms with van der Waals surface area (Å²) in [4.78, 5) is 0.102. The molecule has 1 aliphatic heterocycles. The zero-order chi connectivity index (χ0) is 14.8. The summed E-state index contributed by atoms with van der Waals surface area (Å²) in [5.74, 6) is 1.64. The average molecular weight is 368 g/mol. The van der Waals surface area contributed by atoms with Crippen LogP contribution in [0.3, 0.4) is 0 Å². The van der Waals surface area contributed by atoms with Crippen LogP contribution in [-0.2, 0) is 0 Å². The molecule has 2 aromatic rings. The molecule has 0 N–H and O–H groups in total. The molecular formula is C17H16BrClO2. The van der Waals surface area contributed by atoms with Gasteiger partial charge in [0.2, 0.25) is 0 Å². The first-order chi connectivity index (χ1) is 10.1. The third-order valence-electron chi connectivity index (χ3n) is 3.54. The van der Waals surface area contributed by atoms with Gasteiger partial charge in [-0.25, -0.2) is 0 Å². The van der Waals surface area contributed by atoms with Crippen molar-refractivity contribution in [2.75, 3.05) is 13.2 Å². The lowest BCUT2D eigenvalue weighted by atomic mass is 10.0. The minimum Gasteiger partial charge on any atom is -0.490 e. The largest absolute Gasteiger partial charge is 0.490 e. The molecule has 0 aliphatic carbocycles. The van der Waals surface area contributed by atoms with Gasteiger partial charge in [-0.05, 0) is 41.8 Å². The standard InChI is InChI=1S/C17H16BrClO2/c1-11-9-12(3-5-14(11)19)17(18)13-4-6-15-16(10-13)21-8-2-7-20-15/h3-6,9-10,17H,2,7-8H2,1H3. The highest BCUT2D eigenvalue weighted by molar-refractivity contribution is 9.09. The van der Waals surface area contributed by atoms with Crippen molar-refractivity contribution >= 4 is 27.5 Å². The smallest absolute Gasteiger partial charge is 0.161 e. The van der Waals surface area contributed by atoms with Gasteiger partial charge in [0.25, 0.3) is 0 Å². The second-order valence-electron chi connectivity index (χ2n) is 5.13. The van der Waals surface area contributed by atoms with Crippen molar-refractivity contribution in [3.63, 3.8) is 0 Å². The van der Waals surface area contributed by atoms with E-state index in [0.29, 0.717) is 13.2 Å². The summed E-state index contributed by atoms with van der Waals surface area (Å²) in [6.45, 7) is 3.42. The Morgan fingerprint density at radius 1 is 1.00 bits per heavy atom. The fourth-order valence-electron chi connectivity index (χ4n) is 2.36. The van der Waals surface area contributed by atoms with Gasteiger partial charge in [0.15, 0.2) is 11.5 Å². The molecule has 0 saturated heterocycles. The van der Waals surface area contributed by atoms with Crippen LogP contribution >= 0.6 is 27.5 Å². The maximum Gasteiger partial charge on any atom is 0.161 e. The molecule has 0 fully saturated rings. The van der Waals surface area contributed by atoms with Gasteiger partial charge in [-0.3, -0.25) is 0 Å². The molecule has 1 heterocycles. The van der Waals surface area contributed by atoms with Crippen molar-refractivity contribution < 1.29 is 9.47 Å². The van der Waals surface area contributed by atoms with Gasteiger partial charge in [0.05, 0.1) is 18.0 Å². The molecule has 2 aromatic carbocycles. The first kappa shape index (κ1) is 14.7. The van der Waals surface area contributed by atoms with Gasteiger partial charge >= 0.3 is 0 Å². The number of rotatable bonds is 2. The predicted octanol–water partition coefficient (Wildman–Crippen LogP) is 5.29. The summed E-state index contributed by atoms with van der Waals surface area (Å²) >= 11 is 9.85. The van der Waals surface area contributed by atoms with Gasteiger partial charge in [-0.1, -0.05) is 45.7 Å². The fourth-order valence-corrected chi connectivity index (χ4v) is 3.04. The van der Waals surface area contributed by atoms with Crippen LogP contribution in [0.1, 0.15) is 27.9 Å². The number of hydrogen-bond acceptors (Lipinski definition) is 2. The lowest BCUT2D eigenvalue weighted by Crippen LogP contribution is -1.97. The molecule has 0 aromatic heterocycles. The summed E-state index contributed by atoms with van der Waals surface area (Å²) in [5.41, 5.74) is 3.39. The zero-order valence-electron chi connectivity index (χ0n) is 11.7. The van der Waals surface area contributed by atoms with E-state index in [0.717, 1.165) is 34.1 Å². The molecule has 1 aliphatic rings. The van der Waals surface area contributed by atoms with Crippen molar-refractivity contribution in [3.8, 4) is 11.5 Å². The lowest BCUT2D eigenvalue weighted by molar-refractivity contribution is 0.297. The van der Waals surface area contributed by atoms with Gasteiger partial charge in [-0.2, -0.15) is 0 Å². The fraction of sp³-hybridized carbons (Fsp3) is 0.294. The van der Waals surface area contributed by atoms with Crippen molar-refractivity contribution in [1.82, 2.24) is 0 Å². The number of alkyl halides is 1. The Morgan fingerprint density at radius 3 is 2.43 bits per heavy atom. The molecule has 0 saturated carbocycles. The third kappa shape index (κ3) is 3.19. The first-order valence-electron chi connectivity index (χ1n) is 6.95. The van der Waals surface area contributed by atoms with Crippen LogP contribution < -0.4 is 9.47 Å². The van der Waals surface area contributed by atoms with Crippen LogP contribution in [0.25, 0.3) is 0 Å². The highest BCUT2D eigenvalue weighted by atomic mass is 79.9. The summed E-state index contributed by atoms with van der Waals surface area (Å²) in [6.07, 6.45) is 0.915. The van der Waals surface area contributed by atoms with Gasteiger partial charge in [0, 0.05) is 11.4 Å². The maximum atomic E-state index is 6.09. The Balaban J connectivity index is 1.92. The Morgan fingerprint density at radius 2 is 1.67 bits per heavy atom. The van der Waals surface area contributed by atoms with E-state index in [1.807, 2.05) is 31.2 Å². The molecule has 1 unspecified atom stereocenters. The van der Waals surface area contributed by atoms with Crippen molar-refractivity contribution in [2.24, 2.45) is 0 Å². The molecule has 0 bridgehead atoms. The normalized spacial score (nSPS) is 15.4. The van der Waals surface area contributed by atoms with Gasteiger partial charge in [-0.15, -0.1) is 0 Å². The van der Waals surface area contributed by atoms with Crippen LogP contribution in [0.15, 0.2) is 36.4 Å². The minimum atomic E-state index is 0.102. The Hall–Kier alpha value is -1.19. The molecule has 110 valence electrons. The molecule has 1 atom stereocenters. The van der Waals surface area contributed by atoms with Gasteiger partial charge < -0.3 is 9.47 Å². The molecule has 2 nitrogen and oxygen atoms in total. The number of hydrogen-bond donors (Lipinski definition) is 0. The Kier molecular flexibility index (Phi) is 4.41. The van der Waals surface area contributed by atoms with Crippen molar-refractivity contribution in [3.05, 3.63) is 58.1 Å². The highest BCUT2D eigenvalue weighted by Crippen LogP contribution is 2.38. The third-order valence-corrected chi connectivity index (χ3v) is 5.02. The van der Waals surface area contributed by atoms with Crippen LogP contribution in [0, 0.1) is 6.92 Å². The quantitative estimate of drug-likeness (QED) is 0.671. The molecule has 0 spiro atoms. The van der Waals surface area contributed by atoms with E-state index >= 15 is 0 Å². The SMILES string of the molecule is Cc1cc(C(Br)c2ccc3c(c2)OCCCO3)ccc1Cl.